The molecule has 4 heteroatoms. The Hall–Kier alpha value is -0.610. The van der Waals surface area contributed by atoms with Gasteiger partial charge in [-0.1, -0.05) is 6.92 Å². The monoisotopic (exact) mass is 200 g/mol. The van der Waals surface area contributed by atoms with Crippen molar-refractivity contribution in [1.82, 2.24) is 4.90 Å². The van der Waals surface area contributed by atoms with Gasteiger partial charge in [0.25, 0.3) is 0 Å². The number of likely N-dealkylation sites (tertiary alicyclic amines) is 1. The van der Waals surface area contributed by atoms with Crippen LogP contribution in [0.25, 0.3) is 0 Å². The van der Waals surface area contributed by atoms with Gasteiger partial charge in [-0.3, -0.25) is 9.69 Å². The van der Waals surface area contributed by atoms with E-state index in [-0.39, 0.29) is 6.04 Å². The third-order valence-electron chi connectivity index (χ3n) is 3.07. The Labute approximate surface area is 85.1 Å². The molecule has 0 radical (unpaired) electrons. The number of hydrogen-bond acceptors (Lipinski definition) is 3. The second kappa shape index (κ2) is 4.75. The van der Waals surface area contributed by atoms with E-state index in [1.54, 1.807) is 0 Å². The second-order valence-corrected chi connectivity index (χ2v) is 4.35. The zero-order valence-electron chi connectivity index (χ0n) is 8.94. The SMILES string of the molecule is CC1CCCN(C(C)C(N)C(=O)O)C1. The van der Waals surface area contributed by atoms with Crippen LogP contribution in [-0.2, 0) is 4.79 Å². The molecular weight excluding hydrogens is 180 g/mol. The maximum atomic E-state index is 10.7. The molecule has 3 atom stereocenters. The van der Waals surface area contributed by atoms with E-state index in [9.17, 15) is 4.79 Å². The summed E-state index contributed by atoms with van der Waals surface area (Å²) in [6.07, 6.45) is 2.39. The lowest BCUT2D eigenvalue weighted by Gasteiger charge is -2.36. The van der Waals surface area contributed by atoms with Crippen LogP contribution in [0.15, 0.2) is 0 Å². The standard InChI is InChI=1S/C10H20N2O2/c1-7-4-3-5-12(6-7)8(2)9(11)10(13)14/h7-9H,3-6,11H2,1-2H3,(H,13,14). The van der Waals surface area contributed by atoms with E-state index in [2.05, 4.69) is 11.8 Å². The normalized spacial score (nSPS) is 28.4. The molecule has 0 aliphatic carbocycles. The summed E-state index contributed by atoms with van der Waals surface area (Å²) in [5, 5.41) is 8.80. The van der Waals surface area contributed by atoms with Crippen molar-refractivity contribution < 1.29 is 9.90 Å². The van der Waals surface area contributed by atoms with Crippen molar-refractivity contribution >= 4 is 5.97 Å². The van der Waals surface area contributed by atoms with Crippen LogP contribution in [-0.4, -0.2) is 41.1 Å². The van der Waals surface area contributed by atoms with Crippen LogP contribution in [0.1, 0.15) is 26.7 Å². The van der Waals surface area contributed by atoms with Gasteiger partial charge in [-0.25, -0.2) is 0 Å². The summed E-state index contributed by atoms with van der Waals surface area (Å²) < 4.78 is 0. The van der Waals surface area contributed by atoms with Crippen LogP contribution in [0.2, 0.25) is 0 Å². The first kappa shape index (κ1) is 11.5. The van der Waals surface area contributed by atoms with Gasteiger partial charge in [0.05, 0.1) is 0 Å². The minimum absolute atomic E-state index is 0.0600. The van der Waals surface area contributed by atoms with Crippen molar-refractivity contribution in [2.24, 2.45) is 11.7 Å². The summed E-state index contributed by atoms with van der Waals surface area (Å²) in [5.74, 6) is -0.247. The van der Waals surface area contributed by atoms with Crippen LogP contribution in [0, 0.1) is 5.92 Å². The summed E-state index contributed by atoms with van der Waals surface area (Å²) in [6, 6.07) is -0.824. The molecule has 14 heavy (non-hydrogen) atoms. The quantitative estimate of drug-likeness (QED) is 0.697. The lowest BCUT2D eigenvalue weighted by atomic mass is 9.97. The molecule has 0 bridgehead atoms. The first-order valence-corrected chi connectivity index (χ1v) is 5.24. The van der Waals surface area contributed by atoms with Crippen LogP contribution < -0.4 is 5.73 Å². The largest absolute Gasteiger partial charge is 0.480 e. The maximum Gasteiger partial charge on any atom is 0.322 e. The molecule has 4 nitrogen and oxygen atoms in total. The van der Waals surface area contributed by atoms with Gasteiger partial charge in [0.15, 0.2) is 0 Å². The predicted molar refractivity (Wildman–Crippen MR) is 55.0 cm³/mol. The van der Waals surface area contributed by atoms with Crippen molar-refractivity contribution in [2.45, 2.75) is 38.8 Å². The fourth-order valence-corrected chi connectivity index (χ4v) is 2.03. The van der Waals surface area contributed by atoms with Crippen molar-refractivity contribution in [3.8, 4) is 0 Å². The van der Waals surface area contributed by atoms with Crippen LogP contribution in [0.5, 0.6) is 0 Å². The highest BCUT2D eigenvalue weighted by molar-refractivity contribution is 5.74. The van der Waals surface area contributed by atoms with Gasteiger partial charge < -0.3 is 10.8 Å². The smallest absolute Gasteiger partial charge is 0.322 e. The van der Waals surface area contributed by atoms with Crippen molar-refractivity contribution in [2.75, 3.05) is 13.1 Å². The highest BCUT2D eigenvalue weighted by Gasteiger charge is 2.28. The fourth-order valence-electron chi connectivity index (χ4n) is 2.03. The van der Waals surface area contributed by atoms with Gasteiger partial charge >= 0.3 is 5.97 Å². The number of aliphatic carboxylic acids is 1. The summed E-state index contributed by atoms with van der Waals surface area (Å²) in [4.78, 5) is 12.9. The van der Waals surface area contributed by atoms with Gasteiger partial charge in [-0.05, 0) is 32.2 Å². The minimum atomic E-state index is -0.907. The Bertz CT molecular complexity index is 208. The molecule has 0 aromatic carbocycles. The lowest BCUT2D eigenvalue weighted by Crippen LogP contribution is -2.52. The Kier molecular flexibility index (Phi) is 3.89. The second-order valence-electron chi connectivity index (χ2n) is 4.35. The molecule has 1 saturated heterocycles. The van der Waals surface area contributed by atoms with E-state index in [0.29, 0.717) is 5.92 Å². The third kappa shape index (κ3) is 2.69. The molecule has 82 valence electrons. The van der Waals surface area contributed by atoms with Crippen molar-refractivity contribution in [3.05, 3.63) is 0 Å². The predicted octanol–water partition coefficient (Wildman–Crippen LogP) is 0.519. The summed E-state index contributed by atoms with van der Waals surface area (Å²) in [6.45, 7) is 6.05. The fraction of sp³-hybridized carbons (Fsp3) is 0.900. The first-order chi connectivity index (χ1) is 6.52. The van der Waals surface area contributed by atoms with Crippen LogP contribution >= 0.6 is 0 Å². The van der Waals surface area contributed by atoms with Gasteiger partial charge in [0, 0.05) is 12.6 Å². The average molecular weight is 200 g/mol. The minimum Gasteiger partial charge on any atom is -0.480 e. The highest BCUT2D eigenvalue weighted by atomic mass is 16.4. The number of nitrogens with zero attached hydrogens (tertiary/aromatic N) is 1. The first-order valence-electron chi connectivity index (χ1n) is 5.24. The maximum absolute atomic E-state index is 10.7. The Balaban J connectivity index is 2.50. The van der Waals surface area contributed by atoms with Crippen LogP contribution in [0.4, 0.5) is 0 Å². The van der Waals surface area contributed by atoms with Crippen molar-refractivity contribution in [1.29, 1.82) is 0 Å². The molecule has 0 spiro atoms. The third-order valence-corrected chi connectivity index (χ3v) is 3.07. The molecule has 1 aliphatic rings. The van der Waals surface area contributed by atoms with Crippen molar-refractivity contribution in [3.63, 3.8) is 0 Å². The van der Waals surface area contributed by atoms with Crippen LogP contribution in [0.3, 0.4) is 0 Å². The highest BCUT2D eigenvalue weighted by Crippen LogP contribution is 2.18. The number of carboxylic acids is 1. The van der Waals surface area contributed by atoms with Gasteiger partial charge in [0.2, 0.25) is 0 Å². The number of piperidine rings is 1. The summed E-state index contributed by atoms with van der Waals surface area (Å²) in [5.41, 5.74) is 5.60. The zero-order valence-corrected chi connectivity index (χ0v) is 8.94. The Morgan fingerprint density at radius 3 is 2.79 bits per heavy atom. The van der Waals surface area contributed by atoms with E-state index in [1.807, 2.05) is 6.92 Å². The Morgan fingerprint density at radius 2 is 2.29 bits per heavy atom. The molecule has 0 saturated carbocycles. The molecule has 1 fully saturated rings. The molecule has 3 unspecified atom stereocenters. The number of nitrogens with two attached hydrogens (primary N) is 1. The number of hydrogen-bond donors (Lipinski definition) is 2. The average Bonchev–Trinajstić information content (AvgIpc) is 2.15. The number of carbonyl (C=O) groups is 1. The zero-order chi connectivity index (χ0) is 10.7. The van der Waals surface area contributed by atoms with Gasteiger partial charge in [-0.15, -0.1) is 0 Å². The number of rotatable bonds is 3. The topological polar surface area (TPSA) is 66.6 Å². The molecule has 1 aliphatic heterocycles. The Morgan fingerprint density at radius 1 is 1.64 bits per heavy atom. The summed E-state index contributed by atoms with van der Waals surface area (Å²) in [7, 11) is 0. The van der Waals surface area contributed by atoms with E-state index >= 15 is 0 Å². The molecule has 1 rings (SSSR count). The molecule has 0 aromatic rings. The number of carboxylic acid groups (broad SMARTS) is 1. The lowest BCUT2D eigenvalue weighted by molar-refractivity contribution is -0.140. The molecule has 3 N–H and O–H groups in total. The molecule has 0 amide bonds. The molecular formula is C10H20N2O2. The summed E-state index contributed by atoms with van der Waals surface area (Å²) >= 11 is 0. The van der Waals surface area contributed by atoms with Gasteiger partial charge in [-0.2, -0.15) is 0 Å². The van der Waals surface area contributed by atoms with E-state index in [1.165, 1.54) is 6.42 Å². The van der Waals surface area contributed by atoms with Gasteiger partial charge in [0.1, 0.15) is 6.04 Å². The van der Waals surface area contributed by atoms with E-state index in [4.69, 9.17) is 10.8 Å². The van der Waals surface area contributed by atoms with E-state index in [0.717, 1.165) is 19.5 Å². The molecule has 1 heterocycles. The van der Waals surface area contributed by atoms with E-state index < -0.39 is 12.0 Å². The molecule has 0 aromatic heterocycles.